The Bertz CT molecular complexity index is 612. The Labute approximate surface area is 157 Å². The molecule has 2 rings (SSSR count). The van der Waals surface area contributed by atoms with E-state index in [2.05, 4.69) is 15.6 Å². The number of hydrogen-bond donors (Lipinski definition) is 2. The number of halogens is 2. The molecule has 0 aliphatic carbocycles. The zero-order chi connectivity index (χ0) is 15.8. The van der Waals surface area contributed by atoms with Gasteiger partial charge in [-0.2, -0.15) is 0 Å². The number of ether oxygens (including phenoxy) is 2. The number of benzene rings is 1. The average molecular weight is 394 g/mol. The molecule has 0 bridgehead atoms. The van der Waals surface area contributed by atoms with E-state index >= 15 is 0 Å². The van der Waals surface area contributed by atoms with Crippen molar-refractivity contribution >= 4 is 42.1 Å². The normalized spacial score (nSPS) is 9.42. The molecule has 134 valence electrons. The molecule has 1 amide bonds. The van der Waals surface area contributed by atoms with Crippen molar-refractivity contribution in [2.45, 2.75) is 6.61 Å². The predicted molar refractivity (Wildman–Crippen MR) is 100 cm³/mol. The molecule has 1 heterocycles. The third kappa shape index (κ3) is 6.52. The summed E-state index contributed by atoms with van der Waals surface area (Å²) in [7, 11) is 3.39. The van der Waals surface area contributed by atoms with Gasteiger partial charge in [0.25, 0.3) is 5.91 Å². The number of nitrogens with one attached hydrogen (secondary N) is 2. The first-order valence-electron chi connectivity index (χ1n) is 6.85. The molecule has 6 nitrogen and oxygen atoms in total. The number of rotatable bonds is 8. The van der Waals surface area contributed by atoms with Crippen molar-refractivity contribution < 1.29 is 14.3 Å². The molecule has 2 N–H and O–H groups in total. The quantitative estimate of drug-likeness (QED) is 0.674. The van der Waals surface area contributed by atoms with Gasteiger partial charge in [0.05, 0.1) is 18.3 Å². The second kappa shape index (κ2) is 11.9. The Morgan fingerprint density at radius 1 is 1.25 bits per heavy atom. The maximum absolute atomic E-state index is 12.0. The fourth-order valence-corrected chi connectivity index (χ4v) is 2.33. The molecule has 24 heavy (non-hydrogen) atoms. The van der Waals surface area contributed by atoms with Gasteiger partial charge in [-0.3, -0.25) is 4.79 Å². The van der Waals surface area contributed by atoms with Crippen LogP contribution in [-0.2, 0) is 6.61 Å². The van der Waals surface area contributed by atoms with Crippen molar-refractivity contribution in [2.75, 3.05) is 27.2 Å². The standard InChI is InChI=1S/C15H19N3O3S.2ClH/c1-16-5-6-17-15(19)11-3-4-13(14(7-11)20-2)21-8-12-9-22-10-18-12;;/h3-4,7,9-10,16H,5-6,8H2,1-2H3,(H,17,19);2*1H. The topological polar surface area (TPSA) is 72.5 Å². The fraction of sp³-hybridized carbons (Fsp3) is 0.333. The summed E-state index contributed by atoms with van der Waals surface area (Å²) >= 11 is 1.52. The second-order valence-electron chi connectivity index (χ2n) is 4.49. The third-order valence-electron chi connectivity index (χ3n) is 2.95. The van der Waals surface area contributed by atoms with Gasteiger partial charge in [0.15, 0.2) is 11.5 Å². The molecule has 1 aromatic carbocycles. The maximum atomic E-state index is 12.0. The van der Waals surface area contributed by atoms with Gasteiger partial charge >= 0.3 is 0 Å². The van der Waals surface area contributed by atoms with E-state index in [9.17, 15) is 4.79 Å². The SMILES string of the molecule is CNCCNC(=O)c1ccc(OCc2cscn2)c(OC)c1.Cl.Cl. The van der Waals surface area contributed by atoms with Crippen LogP contribution in [0.5, 0.6) is 11.5 Å². The Kier molecular flexibility index (Phi) is 11.1. The van der Waals surface area contributed by atoms with Crippen LogP contribution in [0.15, 0.2) is 29.1 Å². The van der Waals surface area contributed by atoms with E-state index in [4.69, 9.17) is 9.47 Å². The molecule has 0 saturated heterocycles. The zero-order valence-corrected chi connectivity index (χ0v) is 15.9. The van der Waals surface area contributed by atoms with Crippen molar-refractivity contribution in [1.29, 1.82) is 0 Å². The van der Waals surface area contributed by atoms with Gasteiger partial charge in [-0.25, -0.2) is 4.98 Å². The molecule has 9 heteroatoms. The average Bonchev–Trinajstić information content (AvgIpc) is 3.06. The van der Waals surface area contributed by atoms with E-state index in [1.165, 1.54) is 11.3 Å². The minimum Gasteiger partial charge on any atom is -0.493 e. The minimum atomic E-state index is -0.139. The third-order valence-corrected chi connectivity index (χ3v) is 3.58. The van der Waals surface area contributed by atoms with Gasteiger partial charge in [0, 0.05) is 24.0 Å². The largest absolute Gasteiger partial charge is 0.493 e. The highest BCUT2D eigenvalue weighted by Crippen LogP contribution is 2.28. The number of carbonyl (C=O) groups is 1. The molecular formula is C15H21Cl2N3O3S. The Morgan fingerprint density at radius 3 is 2.67 bits per heavy atom. The summed E-state index contributed by atoms with van der Waals surface area (Å²) in [5.74, 6) is 0.971. The lowest BCUT2D eigenvalue weighted by Crippen LogP contribution is -2.30. The number of amides is 1. The molecule has 2 aromatic rings. The predicted octanol–water partition coefficient (Wildman–Crippen LogP) is 2.52. The van der Waals surface area contributed by atoms with Gasteiger partial charge in [-0.05, 0) is 25.2 Å². The van der Waals surface area contributed by atoms with Gasteiger partial charge in [-0.1, -0.05) is 0 Å². The summed E-state index contributed by atoms with van der Waals surface area (Å²) in [5, 5.41) is 7.72. The Morgan fingerprint density at radius 2 is 2.04 bits per heavy atom. The number of carbonyl (C=O) groups excluding carboxylic acids is 1. The number of hydrogen-bond acceptors (Lipinski definition) is 6. The van der Waals surface area contributed by atoms with Crippen molar-refractivity contribution in [2.24, 2.45) is 0 Å². The van der Waals surface area contributed by atoms with E-state index in [0.29, 0.717) is 30.2 Å². The zero-order valence-electron chi connectivity index (χ0n) is 13.4. The van der Waals surface area contributed by atoms with Crippen molar-refractivity contribution in [3.05, 3.63) is 40.3 Å². The van der Waals surface area contributed by atoms with Crippen LogP contribution < -0.4 is 20.1 Å². The monoisotopic (exact) mass is 393 g/mol. The van der Waals surface area contributed by atoms with Crippen LogP contribution in [-0.4, -0.2) is 38.1 Å². The number of methoxy groups -OCH3 is 1. The number of likely N-dealkylation sites (N-methyl/N-ethyl adjacent to an activating group) is 1. The van der Waals surface area contributed by atoms with Crippen molar-refractivity contribution in [1.82, 2.24) is 15.6 Å². The lowest BCUT2D eigenvalue weighted by molar-refractivity contribution is 0.0953. The molecule has 0 unspecified atom stereocenters. The highest BCUT2D eigenvalue weighted by molar-refractivity contribution is 7.07. The van der Waals surface area contributed by atoms with Crippen LogP contribution >= 0.6 is 36.2 Å². The van der Waals surface area contributed by atoms with Crippen LogP contribution in [0, 0.1) is 0 Å². The van der Waals surface area contributed by atoms with Gasteiger partial charge in [-0.15, -0.1) is 36.2 Å². The lowest BCUT2D eigenvalue weighted by atomic mass is 10.2. The van der Waals surface area contributed by atoms with E-state index in [0.717, 1.165) is 12.2 Å². The molecule has 0 aliphatic rings. The first-order valence-corrected chi connectivity index (χ1v) is 7.79. The molecule has 0 radical (unpaired) electrons. The maximum Gasteiger partial charge on any atom is 0.251 e. The van der Waals surface area contributed by atoms with Gasteiger partial charge < -0.3 is 20.1 Å². The molecule has 1 aromatic heterocycles. The molecule has 0 saturated carbocycles. The Balaban J connectivity index is 0.00000264. The molecule has 0 fully saturated rings. The van der Waals surface area contributed by atoms with E-state index in [1.54, 1.807) is 30.8 Å². The van der Waals surface area contributed by atoms with Crippen LogP contribution in [0.2, 0.25) is 0 Å². The van der Waals surface area contributed by atoms with Crippen LogP contribution in [0.4, 0.5) is 0 Å². The van der Waals surface area contributed by atoms with Crippen LogP contribution in [0.1, 0.15) is 16.1 Å². The second-order valence-corrected chi connectivity index (χ2v) is 5.21. The highest BCUT2D eigenvalue weighted by atomic mass is 35.5. The smallest absolute Gasteiger partial charge is 0.251 e. The fourth-order valence-electron chi connectivity index (χ4n) is 1.79. The summed E-state index contributed by atoms with van der Waals surface area (Å²) in [6.45, 7) is 1.66. The minimum absolute atomic E-state index is 0. The highest BCUT2D eigenvalue weighted by Gasteiger charge is 2.11. The summed E-state index contributed by atoms with van der Waals surface area (Å²) < 4.78 is 11.0. The van der Waals surface area contributed by atoms with E-state index in [1.807, 2.05) is 12.4 Å². The lowest BCUT2D eigenvalue weighted by Gasteiger charge is -2.11. The molecule has 0 aliphatic heterocycles. The number of nitrogens with zero attached hydrogens (tertiary/aromatic N) is 1. The Hall–Kier alpha value is -1.54. The van der Waals surface area contributed by atoms with Crippen molar-refractivity contribution in [3.8, 4) is 11.5 Å². The first kappa shape index (κ1) is 22.5. The van der Waals surface area contributed by atoms with Crippen LogP contribution in [0.3, 0.4) is 0 Å². The van der Waals surface area contributed by atoms with Gasteiger partial charge in [0.1, 0.15) is 6.61 Å². The van der Waals surface area contributed by atoms with Crippen molar-refractivity contribution in [3.63, 3.8) is 0 Å². The van der Waals surface area contributed by atoms with E-state index < -0.39 is 0 Å². The number of thiazole rings is 1. The summed E-state index contributed by atoms with van der Waals surface area (Å²) in [6.07, 6.45) is 0. The number of aromatic nitrogens is 1. The van der Waals surface area contributed by atoms with Gasteiger partial charge in [0.2, 0.25) is 0 Å². The van der Waals surface area contributed by atoms with Crippen LogP contribution in [0.25, 0.3) is 0 Å². The first-order chi connectivity index (χ1) is 10.7. The summed E-state index contributed by atoms with van der Waals surface area (Å²) in [4.78, 5) is 16.2. The summed E-state index contributed by atoms with van der Waals surface area (Å²) in [6, 6.07) is 5.12. The summed E-state index contributed by atoms with van der Waals surface area (Å²) in [5.41, 5.74) is 3.16. The van der Waals surface area contributed by atoms with E-state index in [-0.39, 0.29) is 30.7 Å². The molecular weight excluding hydrogens is 373 g/mol. The molecule has 0 spiro atoms. The molecule has 0 atom stereocenters.